The molecule has 1 N–H and O–H groups in total. The van der Waals surface area contributed by atoms with Crippen LogP contribution in [0.4, 0.5) is 10.1 Å². The zero-order valence-corrected chi connectivity index (χ0v) is 14.9. The third-order valence-corrected chi connectivity index (χ3v) is 4.30. The molecule has 26 heavy (non-hydrogen) atoms. The van der Waals surface area contributed by atoms with Crippen molar-refractivity contribution in [3.8, 4) is 0 Å². The molecular formula is C18H16FNO5S. The van der Waals surface area contributed by atoms with Crippen LogP contribution >= 0.6 is 11.8 Å². The van der Waals surface area contributed by atoms with Gasteiger partial charge in [0.05, 0.1) is 31.1 Å². The van der Waals surface area contributed by atoms with Gasteiger partial charge >= 0.3 is 11.9 Å². The fraction of sp³-hybridized carbons (Fsp3) is 0.167. The largest absolute Gasteiger partial charge is 0.465 e. The Balaban J connectivity index is 2.14. The first-order valence-electron chi connectivity index (χ1n) is 7.43. The minimum atomic E-state index is -0.660. The second-order valence-corrected chi connectivity index (χ2v) is 6.07. The van der Waals surface area contributed by atoms with Crippen LogP contribution in [-0.4, -0.2) is 37.8 Å². The minimum absolute atomic E-state index is 0.0447. The van der Waals surface area contributed by atoms with Crippen LogP contribution in [0.3, 0.4) is 0 Å². The SMILES string of the molecule is COC(=O)c1cc(NC(=O)CSc2ccccc2F)cc(C(=O)OC)c1. The smallest absolute Gasteiger partial charge is 0.337 e. The first-order chi connectivity index (χ1) is 12.4. The van der Waals surface area contributed by atoms with E-state index in [0.717, 1.165) is 11.8 Å². The van der Waals surface area contributed by atoms with E-state index in [2.05, 4.69) is 14.8 Å². The Hall–Kier alpha value is -2.87. The van der Waals surface area contributed by atoms with Gasteiger partial charge in [0.2, 0.25) is 5.91 Å². The number of hydrogen-bond donors (Lipinski definition) is 1. The van der Waals surface area contributed by atoms with Crippen LogP contribution in [0.1, 0.15) is 20.7 Å². The molecule has 8 heteroatoms. The molecule has 0 aromatic heterocycles. The van der Waals surface area contributed by atoms with Crippen molar-refractivity contribution in [3.05, 3.63) is 59.4 Å². The second-order valence-electron chi connectivity index (χ2n) is 5.05. The van der Waals surface area contributed by atoms with Crippen molar-refractivity contribution in [2.45, 2.75) is 4.90 Å². The van der Waals surface area contributed by atoms with Crippen molar-refractivity contribution in [1.29, 1.82) is 0 Å². The molecule has 0 saturated carbocycles. The number of ether oxygens (including phenoxy) is 2. The number of carbonyl (C=O) groups is 3. The Bertz CT molecular complexity index is 806. The van der Waals surface area contributed by atoms with Gasteiger partial charge in [0.1, 0.15) is 5.82 Å². The third-order valence-electron chi connectivity index (χ3n) is 3.25. The van der Waals surface area contributed by atoms with Gasteiger partial charge < -0.3 is 14.8 Å². The average molecular weight is 377 g/mol. The summed E-state index contributed by atoms with van der Waals surface area (Å²) in [5, 5.41) is 2.57. The Kier molecular flexibility index (Phi) is 6.74. The van der Waals surface area contributed by atoms with Gasteiger partial charge in [-0.25, -0.2) is 14.0 Å². The topological polar surface area (TPSA) is 81.7 Å². The Labute approximate surface area is 153 Å². The molecule has 0 bridgehead atoms. The predicted octanol–water partition coefficient (Wildman–Crippen LogP) is 3.13. The van der Waals surface area contributed by atoms with Crippen LogP contribution in [-0.2, 0) is 14.3 Å². The lowest BCUT2D eigenvalue weighted by Gasteiger charge is -2.09. The average Bonchev–Trinajstić information content (AvgIpc) is 2.65. The molecule has 2 aromatic carbocycles. The van der Waals surface area contributed by atoms with Crippen LogP contribution in [0.15, 0.2) is 47.4 Å². The highest BCUT2D eigenvalue weighted by molar-refractivity contribution is 8.00. The lowest BCUT2D eigenvalue weighted by atomic mass is 10.1. The summed E-state index contributed by atoms with van der Waals surface area (Å²) in [6.45, 7) is 0. The number of esters is 2. The summed E-state index contributed by atoms with van der Waals surface area (Å²) in [7, 11) is 2.41. The highest BCUT2D eigenvalue weighted by Crippen LogP contribution is 2.22. The van der Waals surface area contributed by atoms with Gasteiger partial charge in [-0.3, -0.25) is 4.79 Å². The van der Waals surface area contributed by atoms with Crippen LogP contribution in [0.2, 0.25) is 0 Å². The lowest BCUT2D eigenvalue weighted by molar-refractivity contribution is -0.113. The van der Waals surface area contributed by atoms with Crippen LogP contribution in [0.5, 0.6) is 0 Å². The second kappa shape index (κ2) is 9.00. The van der Waals surface area contributed by atoms with E-state index in [0.29, 0.717) is 4.90 Å². The number of anilines is 1. The number of methoxy groups -OCH3 is 2. The van der Waals surface area contributed by atoms with E-state index in [1.807, 2.05) is 0 Å². The van der Waals surface area contributed by atoms with Gasteiger partial charge in [-0.2, -0.15) is 0 Å². The Morgan fingerprint density at radius 2 is 1.58 bits per heavy atom. The zero-order chi connectivity index (χ0) is 19.1. The normalized spacial score (nSPS) is 10.1. The number of rotatable bonds is 6. The van der Waals surface area contributed by atoms with E-state index in [4.69, 9.17) is 0 Å². The standard InChI is InChI=1S/C18H16FNO5S/c1-24-17(22)11-7-12(18(23)25-2)9-13(8-11)20-16(21)10-26-15-6-4-3-5-14(15)19/h3-9H,10H2,1-2H3,(H,20,21). The number of carbonyl (C=O) groups excluding carboxylic acids is 3. The molecule has 2 rings (SSSR count). The summed E-state index contributed by atoms with van der Waals surface area (Å²) in [6, 6.07) is 10.2. The quantitative estimate of drug-likeness (QED) is 0.615. The van der Waals surface area contributed by atoms with E-state index in [9.17, 15) is 18.8 Å². The Morgan fingerprint density at radius 1 is 1.00 bits per heavy atom. The van der Waals surface area contributed by atoms with Gasteiger partial charge in [0.15, 0.2) is 0 Å². The third kappa shape index (κ3) is 5.06. The first-order valence-corrected chi connectivity index (χ1v) is 8.42. The van der Waals surface area contributed by atoms with Crippen molar-refractivity contribution < 1.29 is 28.2 Å². The van der Waals surface area contributed by atoms with E-state index in [1.54, 1.807) is 18.2 Å². The minimum Gasteiger partial charge on any atom is -0.465 e. The maximum Gasteiger partial charge on any atom is 0.337 e. The van der Waals surface area contributed by atoms with Gasteiger partial charge in [0.25, 0.3) is 0 Å². The molecular weight excluding hydrogens is 361 g/mol. The van der Waals surface area contributed by atoms with Crippen molar-refractivity contribution in [3.63, 3.8) is 0 Å². The fourth-order valence-electron chi connectivity index (χ4n) is 2.07. The summed E-state index contributed by atoms with van der Waals surface area (Å²) >= 11 is 1.03. The van der Waals surface area contributed by atoms with E-state index in [1.165, 1.54) is 38.5 Å². The molecule has 0 aliphatic rings. The van der Waals surface area contributed by atoms with Crippen LogP contribution in [0.25, 0.3) is 0 Å². The molecule has 0 saturated heterocycles. The maximum absolute atomic E-state index is 13.6. The molecule has 0 aliphatic heterocycles. The maximum atomic E-state index is 13.6. The molecule has 136 valence electrons. The van der Waals surface area contributed by atoms with E-state index < -0.39 is 23.7 Å². The molecule has 0 unspecified atom stereocenters. The monoisotopic (exact) mass is 377 g/mol. The van der Waals surface area contributed by atoms with E-state index in [-0.39, 0.29) is 22.6 Å². The van der Waals surface area contributed by atoms with Crippen molar-refractivity contribution in [2.24, 2.45) is 0 Å². The summed E-state index contributed by atoms with van der Waals surface area (Å²) in [5.41, 5.74) is 0.410. The number of hydrogen-bond acceptors (Lipinski definition) is 6. The van der Waals surface area contributed by atoms with Gasteiger partial charge in [-0.05, 0) is 30.3 Å². The number of benzene rings is 2. The number of thioether (sulfide) groups is 1. The summed E-state index contributed by atoms with van der Waals surface area (Å²) in [5.74, 6) is -2.20. The molecule has 2 aromatic rings. The predicted molar refractivity (Wildman–Crippen MR) is 94.9 cm³/mol. The molecule has 1 amide bonds. The molecule has 6 nitrogen and oxygen atoms in total. The van der Waals surface area contributed by atoms with E-state index >= 15 is 0 Å². The van der Waals surface area contributed by atoms with Crippen molar-refractivity contribution >= 4 is 35.3 Å². The fourth-order valence-corrected chi connectivity index (χ4v) is 2.81. The van der Waals surface area contributed by atoms with Crippen LogP contribution in [0, 0.1) is 5.82 Å². The highest BCUT2D eigenvalue weighted by atomic mass is 32.2. The number of nitrogens with one attached hydrogen (secondary N) is 1. The number of halogens is 1. The summed E-state index contributed by atoms with van der Waals surface area (Å²) < 4.78 is 22.8. The van der Waals surface area contributed by atoms with Crippen molar-refractivity contribution in [2.75, 3.05) is 25.3 Å². The van der Waals surface area contributed by atoms with Crippen LogP contribution < -0.4 is 5.32 Å². The molecule has 0 atom stereocenters. The first kappa shape index (κ1) is 19.5. The highest BCUT2D eigenvalue weighted by Gasteiger charge is 2.15. The molecule has 0 fully saturated rings. The molecule has 0 radical (unpaired) electrons. The summed E-state index contributed by atoms with van der Waals surface area (Å²) in [4.78, 5) is 35.9. The van der Waals surface area contributed by atoms with Crippen molar-refractivity contribution in [1.82, 2.24) is 0 Å². The van der Waals surface area contributed by atoms with Gasteiger partial charge in [0, 0.05) is 10.6 Å². The Morgan fingerprint density at radius 3 is 2.12 bits per heavy atom. The number of amides is 1. The molecule has 0 spiro atoms. The lowest BCUT2D eigenvalue weighted by Crippen LogP contribution is -2.16. The molecule has 0 aliphatic carbocycles. The zero-order valence-electron chi connectivity index (χ0n) is 14.1. The van der Waals surface area contributed by atoms with Gasteiger partial charge in [-0.1, -0.05) is 12.1 Å². The van der Waals surface area contributed by atoms with Gasteiger partial charge in [-0.15, -0.1) is 11.8 Å². The summed E-state index contributed by atoms with van der Waals surface area (Å²) in [6.07, 6.45) is 0. The molecule has 0 heterocycles.